The standard InChI is InChI=1S/C19H21N3OS/c1-14(18-3-2-12-24-18)19(23)21-16-8-10-22(11-9-16)17-6-4-15(13-20)5-7-17/h2-7,12,14,16H,8-11H2,1H3,(H,21,23)/t14-/m0/s1. The molecule has 1 aromatic heterocycles. The molecule has 0 saturated carbocycles. The third-order valence-corrected chi connectivity index (χ3v) is 5.62. The predicted octanol–water partition coefficient (Wildman–Crippen LogP) is 3.51. The molecule has 2 aromatic rings. The lowest BCUT2D eigenvalue weighted by molar-refractivity contribution is -0.123. The van der Waals surface area contributed by atoms with E-state index in [4.69, 9.17) is 5.26 Å². The number of amides is 1. The van der Waals surface area contributed by atoms with Gasteiger partial charge >= 0.3 is 0 Å². The van der Waals surface area contributed by atoms with Crippen LogP contribution in [0.25, 0.3) is 0 Å². The van der Waals surface area contributed by atoms with Crippen molar-refractivity contribution in [2.45, 2.75) is 31.7 Å². The first-order valence-corrected chi connectivity index (χ1v) is 9.14. The van der Waals surface area contributed by atoms with Crippen molar-refractivity contribution in [2.75, 3.05) is 18.0 Å². The Kier molecular flexibility index (Phi) is 5.17. The summed E-state index contributed by atoms with van der Waals surface area (Å²) in [5.74, 6) is 0.0378. The second kappa shape index (κ2) is 7.50. The number of benzene rings is 1. The minimum atomic E-state index is -0.0819. The van der Waals surface area contributed by atoms with Crippen molar-refractivity contribution in [3.8, 4) is 6.07 Å². The number of carbonyl (C=O) groups is 1. The monoisotopic (exact) mass is 339 g/mol. The van der Waals surface area contributed by atoms with Crippen LogP contribution in [0.2, 0.25) is 0 Å². The highest BCUT2D eigenvalue weighted by Gasteiger charge is 2.24. The summed E-state index contributed by atoms with van der Waals surface area (Å²) < 4.78 is 0. The van der Waals surface area contributed by atoms with Crippen LogP contribution in [0, 0.1) is 11.3 Å². The van der Waals surface area contributed by atoms with Crippen LogP contribution < -0.4 is 10.2 Å². The van der Waals surface area contributed by atoms with Crippen LogP contribution >= 0.6 is 11.3 Å². The zero-order valence-electron chi connectivity index (χ0n) is 13.7. The predicted molar refractivity (Wildman–Crippen MR) is 97.3 cm³/mol. The summed E-state index contributed by atoms with van der Waals surface area (Å²) in [4.78, 5) is 15.8. The number of hydrogen-bond acceptors (Lipinski definition) is 4. The van der Waals surface area contributed by atoms with Crippen molar-refractivity contribution in [1.82, 2.24) is 5.32 Å². The number of nitriles is 1. The number of anilines is 1. The first-order chi connectivity index (χ1) is 11.7. The molecular weight excluding hydrogens is 318 g/mol. The maximum Gasteiger partial charge on any atom is 0.228 e. The molecular formula is C19H21N3OS. The Hall–Kier alpha value is -2.32. The number of nitrogens with one attached hydrogen (secondary N) is 1. The van der Waals surface area contributed by atoms with Gasteiger partial charge in [0.1, 0.15) is 0 Å². The van der Waals surface area contributed by atoms with E-state index in [1.165, 1.54) is 0 Å². The van der Waals surface area contributed by atoms with Crippen LogP contribution in [0.3, 0.4) is 0 Å². The summed E-state index contributed by atoms with van der Waals surface area (Å²) in [5, 5.41) is 14.1. The Labute approximate surface area is 146 Å². The lowest BCUT2D eigenvalue weighted by Crippen LogP contribution is -2.45. The maximum atomic E-state index is 12.4. The zero-order valence-corrected chi connectivity index (χ0v) is 14.6. The number of hydrogen-bond donors (Lipinski definition) is 1. The maximum absolute atomic E-state index is 12.4. The van der Waals surface area contributed by atoms with Crippen LogP contribution in [0.15, 0.2) is 41.8 Å². The van der Waals surface area contributed by atoms with Crippen molar-refractivity contribution in [2.24, 2.45) is 0 Å². The van der Waals surface area contributed by atoms with Gasteiger partial charge in [-0.25, -0.2) is 0 Å². The molecule has 2 heterocycles. The van der Waals surface area contributed by atoms with Gasteiger partial charge in [0.25, 0.3) is 0 Å². The van der Waals surface area contributed by atoms with Crippen molar-refractivity contribution in [1.29, 1.82) is 5.26 Å². The van der Waals surface area contributed by atoms with E-state index in [-0.39, 0.29) is 17.9 Å². The van der Waals surface area contributed by atoms with Crippen molar-refractivity contribution in [3.63, 3.8) is 0 Å². The minimum absolute atomic E-state index is 0.0819. The molecule has 1 N–H and O–H groups in total. The molecule has 1 aliphatic rings. The molecule has 4 nitrogen and oxygen atoms in total. The van der Waals surface area contributed by atoms with Gasteiger partial charge in [0.2, 0.25) is 5.91 Å². The molecule has 5 heteroatoms. The van der Waals surface area contributed by atoms with Gasteiger partial charge in [-0.05, 0) is 55.5 Å². The van der Waals surface area contributed by atoms with Gasteiger partial charge in [0.05, 0.1) is 17.6 Å². The summed E-state index contributed by atoms with van der Waals surface area (Å²) in [6.45, 7) is 3.81. The third kappa shape index (κ3) is 3.77. The molecule has 1 aliphatic heterocycles. The Balaban J connectivity index is 1.51. The number of rotatable bonds is 4. The molecule has 1 aromatic carbocycles. The largest absolute Gasteiger partial charge is 0.371 e. The van der Waals surface area contributed by atoms with E-state index in [9.17, 15) is 4.79 Å². The van der Waals surface area contributed by atoms with Gasteiger partial charge in [0.15, 0.2) is 0 Å². The van der Waals surface area contributed by atoms with Gasteiger partial charge in [0, 0.05) is 29.7 Å². The number of piperidine rings is 1. The number of carbonyl (C=O) groups excluding carboxylic acids is 1. The number of thiophene rings is 1. The fourth-order valence-electron chi connectivity index (χ4n) is 3.02. The third-order valence-electron chi connectivity index (χ3n) is 4.57. The normalized spacial score (nSPS) is 16.4. The molecule has 124 valence electrons. The van der Waals surface area contributed by atoms with Gasteiger partial charge in [-0.15, -0.1) is 11.3 Å². The van der Waals surface area contributed by atoms with Crippen molar-refractivity contribution in [3.05, 3.63) is 52.2 Å². The molecule has 0 unspecified atom stereocenters. The summed E-state index contributed by atoms with van der Waals surface area (Å²) in [7, 11) is 0. The topological polar surface area (TPSA) is 56.1 Å². The Morgan fingerprint density at radius 3 is 2.58 bits per heavy atom. The fraction of sp³-hybridized carbons (Fsp3) is 0.368. The second-order valence-corrected chi connectivity index (χ2v) is 7.14. The molecule has 1 amide bonds. The van der Waals surface area contributed by atoms with Crippen LogP contribution in [-0.2, 0) is 4.79 Å². The Morgan fingerprint density at radius 1 is 1.29 bits per heavy atom. The molecule has 24 heavy (non-hydrogen) atoms. The van der Waals surface area contributed by atoms with Gasteiger partial charge in [-0.1, -0.05) is 6.07 Å². The van der Waals surface area contributed by atoms with E-state index in [1.54, 1.807) is 11.3 Å². The van der Waals surface area contributed by atoms with Crippen molar-refractivity contribution < 1.29 is 4.79 Å². The summed E-state index contributed by atoms with van der Waals surface area (Å²) >= 11 is 1.63. The van der Waals surface area contributed by atoms with Gasteiger partial charge in [-0.3, -0.25) is 4.79 Å². The Morgan fingerprint density at radius 2 is 2.00 bits per heavy atom. The highest BCUT2D eigenvalue weighted by Crippen LogP contribution is 2.23. The van der Waals surface area contributed by atoms with Crippen LogP contribution in [0.1, 0.15) is 36.1 Å². The average molecular weight is 339 g/mol. The zero-order chi connectivity index (χ0) is 16.9. The minimum Gasteiger partial charge on any atom is -0.371 e. The van der Waals surface area contributed by atoms with E-state index in [0.29, 0.717) is 5.56 Å². The molecule has 3 rings (SSSR count). The van der Waals surface area contributed by atoms with Crippen LogP contribution in [0.5, 0.6) is 0 Å². The van der Waals surface area contributed by atoms with Gasteiger partial charge < -0.3 is 10.2 Å². The lowest BCUT2D eigenvalue weighted by atomic mass is 10.0. The summed E-state index contributed by atoms with van der Waals surface area (Å²) in [5.41, 5.74) is 1.83. The molecule has 1 atom stereocenters. The summed E-state index contributed by atoms with van der Waals surface area (Å²) in [6, 6.07) is 14.1. The fourth-order valence-corrected chi connectivity index (χ4v) is 3.80. The van der Waals surface area contributed by atoms with E-state index in [0.717, 1.165) is 36.5 Å². The Bertz CT molecular complexity index is 710. The smallest absolute Gasteiger partial charge is 0.228 e. The molecule has 1 saturated heterocycles. The van der Waals surface area contributed by atoms with Crippen LogP contribution in [0.4, 0.5) is 5.69 Å². The first-order valence-electron chi connectivity index (χ1n) is 8.26. The molecule has 0 spiro atoms. The average Bonchev–Trinajstić information content (AvgIpc) is 3.16. The van der Waals surface area contributed by atoms with E-state index < -0.39 is 0 Å². The lowest BCUT2D eigenvalue weighted by Gasteiger charge is -2.34. The molecule has 0 bridgehead atoms. The van der Waals surface area contributed by atoms with E-state index in [1.807, 2.05) is 48.7 Å². The molecule has 1 fully saturated rings. The highest BCUT2D eigenvalue weighted by molar-refractivity contribution is 7.10. The first kappa shape index (κ1) is 16.5. The highest BCUT2D eigenvalue weighted by atomic mass is 32.1. The van der Waals surface area contributed by atoms with Crippen molar-refractivity contribution >= 4 is 22.9 Å². The molecule has 0 aliphatic carbocycles. The van der Waals surface area contributed by atoms with Crippen LogP contribution in [-0.4, -0.2) is 25.0 Å². The quantitative estimate of drug-likeness (QED) is 0.927. The number of nitrogens with zero attached hydrogens (tertiary/aromatic N) is 2. The van der Waals surface area contributed by atoms with Gasteiger partial charge in [-0.2, -0.15) is 5.26 Å². The molecule has 0 radical (unpaired) electrons. The SMILES string of the molecule is C[C@H](C(=O)NC1CCN(c2ccc(C#N)cc2)CC1)c1cccs1. The second-order valence-electron chi connectivity index (χ2n) is 6.17. The van der Waals surface area contributed by atoms with E-state index in [2.05, 4.69) is 16.3 Å². The van der Waals surface area contributed by atoms with E-state index >= 15 is 0 Å². The summed E-state index contributed by atoms with van der Waals surface area (Å²) in [6.07, 6.45) is 1.89.